The Bertz CT molecular complexity index is 412. The number of hydrogen-bond donors (Lipinski definition) is 0. The van der Waals surface area contributed by atoms with Crippen molar-refractivity contribution >= 4 is 17.9 Å². The molecule has 96 valence electrons. The Hall–Kier alpha value is -0.780. The van der Waals surface area contributed by atoms with Crippen molar-refractivity contribution in [3.8, 4) is 0 Å². The van der Waals surface area contributed by atoms with Gasteiger partial charge in [-0.15, -0.1) is 0 Å². The van der Waals surface area contributed by atoms with Gasteiger partial charge in [-0.1, -0.05) is 19.1 Å². The molecule has 0 atom stereocenters. The second-order valence-corrected chi connectivity index (χ2v) is 4.59. The zero-order valence-electron chi connectivity index (χ0n) is 10.7. The van der Waals surface area contributed by atoms with Crippen LogP contribution in [0.5, 0.6) is 0 Å². The first-order chi connectivity index (χ1) is 8.06. The highest BCUT2D eigenvalue weighted by atomic mass is 32.1. The van der Waals surface area contributed by atoms with Crippen molar-refractivity contribution < 1.29 is 4.74 Å². The van der Waals surface area contributed by atoms with Crippen molar-refractivity contribution in [2.45, 2.75) is 6.92 Å². The summed E-state index contributed by atoms with van der Waals surface area (Å²) >= 11 is 4.81. The van der Waals surface area contributed by atoms with Crippen LogP contribution in [0.15, 0.2) is 10.9 Å². The fourth-order valence-corrected chi connectivity index (χ4v) is 1.61. The molecule has 4 nitrogen and oxygen atoms in total. The molecule has 0 aliphatic heterocycles. The van der Waals surface area contributed by atoms with Gasteiger partial charge in [-0.25, -0.2) is 0 Å². The molecule has 0 unspecified atom stereocenters. The lowest BCUT2D eigenvalue weighted by Crippen LogP contribution is -2.30. The molecule has 0 aliphatic carbocycles. The molecule has 1 aromatic rings. The van der Waals surface area contributed by atoms with E-state index in [1.165, 1.54) is 0 Å². The van der Waals surface area contributed by atoms with E-state index in [9.17, 15) is 4.79 Å². The van der Waals surface area contributed by atoms with Gasteiger partial charge in [0.25, 0.3) is 0 Å². The molecule has 0 N–H and O–H groups in total. The Balaban J connectivity index is 2.14. The highest BCUT2D eigenvalue weighted by Gasteiger charge is 2.10. The van der Waals surface area contributed by atoms with Gasteiger partial charge in [0.05, 0.1) is 23.4 Å². The van der Waals surface area contributed by atoms with Crippen LogP contribution >= 0.6 is 12.2 Å². The first-order valence-corrected chi connectivity index (χ1v) is 6.25. The monoisotopic (exact) mass is 256 g/mol. The highest BCUT2D eigenvalue weighted by Crippen LogP contribution is 2.08. The molecule has 0 amide bonds. The van der Waals surface area contributed by atoms with Crippen molar-refractivity contribution in [2.24, 2.45) is 0 Å². The lowest BCUT2D eigenvalue weighted by atomic mass is 10.2. The van der Waals surface area contributed by atoms with Gasteiger partial charge in [-0.2, -0.15) is 0 Å². The zero-order chi connectivity index (χ0) is 12.8. The quantitative estimate of drug-likeness (QED) is 0.513. The Morgan fingerprint density at radius 1 is 1.29 bits per heavy atom. The lowest BCUT2D eigenvalue weighted by molar-refractivity contribution is 0.118. The van der Waals surface area contributed by atoms with Crippen molar-refractivity contribution in [3.63, 3.8) is 0 Å². The number of ether oxygens (including phenoxy) is 1. The number of anilines is 1. The van der Waals surface area contributed by atoms with Gasteiger partial charge < -0.3 is 14.5 Å². The van der Waals surface area contributed by atoms with Crippen LogP contribution in [0.1, 0.15) is 6.92 Å². The van der Waals surface area contributed by atoms with Crippen LogP contribution < -0.4 is 10.3 Å². The Morgan fingerprint density at radius 3 is 2.47 bits per heavy atom. The minimum Gasteiger partial charge on any atom is -0.378 e. The Kier molecular flexibility index (Phi) is 5.74. The van der Waals surface area contributed by atoms with Crippen LogP contribution in [-0.2, 0) is 4.74 Å². The second-order valence-electron chi connectivity index (χ2n) is 4.15. The summed E-state index contributed by atoms with van der Waals surface area (Å²) in [7, 11) is 3.95. The minimum absolute atomic E-state index is 0.0202. The van der Waals surface area contributed by atoms with Gasteiger partial charge >= 0.3 is 0 Å². The Labute approximate surface area is 107 Å². The standard InChI is InChI=1S/C12H20N2O2S/c1-4-13(2)5-7-16-8-6-14(3)10-9-11(17)12(10)15/h9H,4-8H2,1-3H3. The Morgan fingerprint density at radius 2 is 1.94 bits per heavy atom. The normalized spacial score (nSPS) is 11.3. The van der Waals surface area contributed by atoms with Gasteiger partial charge in [0.1, 0.15) is 0 Å². The smallest absolute Gasteiger partial charge is 0.219 e. The van der Waals surface area contributed by atoms with E-state index < -0.39 is 0 Å². The number of hydrogen-bond acceptors (Lipinski definition) is 5. The van der Waals surface area contributed by atoms with Gasteiger partial charge in [0.15, 0.2) is 0 Å². The number of likely N-dealkylation sites (N-methyl/N-ethyl adjacent to an activating group) is 2. The van der Waals surface area contributed by atoms with Gasteiger partial charge in [-0.05, 0) is 19.7 Å². The second kappa shape index (κ2) is 6.83. The lowest BCUT2D eigenvalue weighted by Gasteiger charge is -2.20. The van der Waals surface area contributed by atoms with Crippen molar-refractivity contribution in [1.29, 1.82) is 0 Å². The van der Waals surface area contributed by atoms with Crippen molar-refractivity contribution in [3.05, 3.63) is 20.8 Å². The van der Waals surface area contributed by atoms with Crippen LogP contribution in [0.25, 0.3) is 0 Å². The van der Waals surface area contributed by atoms with Crippen LogP contribution in [0.2, 0.25) is 0 Å². The van der Waals surface area contributed by atoms with Crippen LogP contribution in [-0.4, -0.2) is 51.8 Å². The van der Waals surface area contributed by atoms with Crippen LogP contribution in [0.3, 0.4) is 0 Å². The van der Waals surface area contributed by atoms with Crippen LogP contribution in [0, 0.1) is 4.51 Å². The van der Waals surface area contributed by atoms with E-state index in [1.54, 1.807) is 6.07 Å². The predicted molar refractivity (Wildman–Crippen MR) is 73.2 cm³/mol. The zero-order valence-corrected chi connectivity index (χ0v) is 11.5. The largest absolute Gasteiger partial charge is 0.378 e. The molecular weight excluding hydrogens is 236 g/mol. The van der Waals surface area contributed by atoms with E-state index >= 15 is 0 Å². The van der Waals surface area contributed by atoms with Gasteiger partial charge in [0, 0.05) is 20.1 Å². The summed E-state index contributed by atoms with van der Waals surface area (Å²) in [5, 5.41) is 0. The molecule has 0 spiro atoms. The molecule has 0 fully saturated rings. The fourth-order valence-electron chi connectivity index (χ4n) is 1.39. The average molecular weight is 256 g/mol. The molecule has 0 bridgehead atoms. The molecule has 0 radical (unpaired) electrons. The third kappa shape index (κ3) is 4.18. The first-order valence-electron chi connectivity index (χ1n) is 5.84. The SMILES string of the molecule is CCN(C)CCOCCN(C)c1cc(=S)c1=O. The minimum atomic E-state index is -0.0202. The number of rotatable bonds is 8. The van der Waals surface area contributed by atoms with Gasteiger partial charge in [0.2, 0.25) is 5.43 Å². The molecule has 17 heavy (non-hydrogen) atoms. The van der Waals surface area contributed by atoms with Gasteiger partial charge in [-0.3, -0.25) is 4.79 Å². The van der Waals surface area contributed by atoms with Crippen molar-refractivity contribution in [2.75, 3.05) is 51.8 Å². The summed E-state index contributed by atoms with van der Waals surface area (Å²) in [5.41, 5.74) is 0.678. The molecule has 0 aliphatic rings. The van der Waals surface area contributed by atoms with E-state index in [-0.39, 0.29) is 5.43 Å². The highest BCUT2D eigenvalue weighted by molar-refractivity contribution is 7.71. The van der Waals surface area contributed by atoms with Crippen LogP contribution in [0.4, 0.5) is 5.69 Å². The topological polar surface area (TPSA) is 32.8 Å². The summed E-state index contributed by atoms with van der Waals surface area (Å²) in [5.74, 6) is 0. The molecule has 0 heterocycles. The molecule has 1 rings (SSSR count). The van der Waals surface area contributed by atoms with Crippen molar-refractivity contribution in [1.82, 2.24) is 4.90 Å². The molecule has 5 heteroatoms. The molecule has 0 saturated carbocycles. The predicted octanol–water partition coefficient (Wildman–Crippen LogP) is 1.06. The average Bonchev–Trinajstić information content (AvgIpc) is 2.34. The maximum atomic E-state index is 11.3. The van der Waals surface area contributed by atoms with E-state index in [0.29, 0.717) is 16.8 Å². The molecule has 0 saturated heterocycles. The summed E-state index contributed by atoms with van der Waals surface area (Å²) < 4.78 is 5.93. The van der Waals surface area contributed by atoms with E-state index in [4.69, 9.17) is 17.0 Å². The summed E-state index contributed by atoms with van der Waals surface area (Å²) in [6.07, 6.45) is 0. The molecule has 0 aromatic heterocycles. The first kappa shape index (κ1) is 14.3. The summed E-state index contributed by atoms with van der Waals surface area (Å²) in [4.78, 5) is 15.4. The molecular formula is C12H20N2O2S. The third-order valence-electron chi connectivity index (χ3n) is 2.86. The maximum Gasteiger partial charge on any atom is 0.219 e. The van der Waals surface area contributed by atoms with E-state index in [2.05, 4.69) is 18.9 Å². The molecule has 1 aromatic carbocycles. The maximum absolute atomic E-state index is 11.3. The van der Waals surface area contributed by atoms with E-state index in [1.807, 2.05) is 11.9 Å². The summed E-state index contributed by atoms with van der Waals surface area (Å²) in [6, 6.07) is 1.74. The van der Waals surface area contributed by atoms with E-state index in [0.717, 1.165) is 26.2 Å². The fraction of sp³-hybridized carbons (Fsp3) is 0.667. The number of nitrogens with zero attached hydrogens (tertiary/aromatic N) is 2. The third-order valence-corrected chi connectivity index (χ3v) is 3.17. The summed E-state index contributed by atoms with van der Waals surface area (Å²) in [6.45, 7) is 6.16.